The van der Waals surface area contributed by atoms with E-state index in [1.54, 1.807) is 12.0 Å². The van der Waals surface area contributed by atoms with Gasteiger partial charge in [0.2, 0.25) is 5.91 Å². The number of aryl methyl sites for hydroxylation is 1. The summed E-state index contributed by atoms with van der Waals surface area (Å²) < 4.78 is 0. The lowest BCUT2D eigenvalue weighted by molar-refractivity contribution is -0.183. The molecule has 3 saturated carbocycles. The summed E-state index contributed by atoms with van der Waals surface area (Å²) in [5.41, 5.74) is 2.70. The molecule has 3 aliphatic carbocycles. The van der Waals surface area contributed by atoms with Crippen molar-refractivity contribution in [2.45, 2.75) is 90.6 Å². The number of unbranched alkanes of at least 4 members (excludes halogenated alkanes) is 1. The summed E-state index contributed by atoms with van der Waals surface area (Å²) in [6.45, 7) is 9.96. The highest BCUT2D eigenvalue weighted by Crippen LogP contribution is 2.61. The van der Waals surface area contributed by atoms with Crippen LogP contribution in [0.5, 0.6) is 0 Å². The number of carbonyl (C=O) groups is 1. The lowest BCUT2D eigenvalue weighted by Gasteiger charge is -2.62. The molecular weight excluding hydrogens is 466 g/mol. The molecule has 1 amide bonds. The predicted molar refractivity (Wildman–Crippen MR) is 145 cm³/mol. The van der Waals surface area contributed by atoms with Crippen LogP contribution >= 0.6 is 0 Å². The van der Waals surface area contributed by atoms with Crippen LogP contribution in [0.15, 0.2) is 24.3 Å². The molecule has 5 rings (SSSR count). The third kappa shape index (κ3) is 6.06. The van der Waals surface area contributed by atoms with Gasteiger partial charge in [0, 0.05) is 12.0 Å². The number of hydrogen-bond donors (Lipinski definition) is 3. The highest BCUT2D eigenvalue weighted by Gasteiger charge is 2.57. The van der Waals surface area contributed by atoms with E-state index in [-0.39, 0.29) is 18.6 Å². The largest absolute Gasteiger partial charge is 0.394 e. The van der Waals surface area contributed by atoms with Gasteiger partial charge in [0.25, 0.3) is 0 Å². The van der Waals surface area contributed by atoms with Crippen LogP contribution in [-0.2, 0) is 22.6 Å². The molecule has 7 nitrogen and oxygen atoms in total. The van der Waals surface area contributed by atoms with Crippen LogP contribution in [0.4, 0.5) is 0 Å². The van der Waals surface area contributed by atoms with Crippen molar-refractivity contribution in [1.82, 2.24) is 15.3 Å². The minimum Gasteiger partial charge on any atom is -0.394 e. The van der Waals surface area contributed by atoms with Crippen molar-refractivity contribution < 1.29 is 19.8 Å². The molecule has 8 atom stereocenters. The van der Waals surface area contributed by atoms with Gasteiger partial charge in [-0.05, 0) is 94.0 Å². The van der Waals surface area contributed by atoms with E-state index >= 15 is 0 Å². The highest BCUT2D eigenvalue weighted by molar-refractivity contribution is 5.82. The average Bonchev–Trinajstić information content (AvgIpc) is 3.21. The third-order valence-corrected chi connectivity index (χ3v) is 9.71. The zero-order chi connectivity index (χ0) is 26.9. The van der Waals surface area contributed by atoms with E-state index in [0.717, 1.165) is 37.8 Å². The van der Waals surface area contributed by atoms with Gasteiger partial charge in [-0.2, -0.15) is 5.06 Å². The summed E-state index contributed by atoms with van der Waals surface area (Å²) >= 11 is 0. The monoisotopic (exact) mass is 515 g/mol. The Morgan fingerprint density at radius 1 is 1.24 bits per heavy atom. The van der Waals surface area contributed by atoms with Crippen LogP contribution in [0.2, 0.25) is 0 Å². The number of nitrogens with one attached hydrogen (secondary N) is 1. The first-order valence-corrected chi connectivity index (χ1v) is 14.3. The fraction of sp³-hybridized carbons (Fsp3) is 0.767. The van der Waals surface area contributed by atoms with Crippen molar-refractivity contribution >= 4 is 5.91 Å². The molecule has 37 heavy (non-hydrogen) atoms. The van der Waals surface area contributed by atoms with Crippen molar-refractivity contribution in [3.05, 3.63) is 35.4 Å². The maximum absolute atomic E-state index is 13.8. The number of aliphatic hydroxyl groups excluding tert-OH is 2. The maximum atomic E-state index is 13.8. The zero-order valence-electron chi connectivity index (χ0n) is 23.7. The Labute approximate surface area is 223 Å². The molecule has 4 aliphatic rings. The number of hydrogen-bond acceptors (Lipinski definition) is 6. The van der Waals surface area contributed by atoms with E-state index in [0.29, 0.717) is 29.7 Å². The predicted octanol–water partition coefficient (Wildman–Crippen LogP) is 3.23. The van der Waals surface area contributed by atoms with E-state index in [4.69, 9.17) is 4.84 Å². The second kappa shape index (κ2) is 11.7. The van der Waals surface area contributed by atoms with Gasteiger partial charge in [0.1, 0.15) is 12.1 Å². The molecule has 1 aliphatic heterocycles. The number of amides is 1. The Bertz CT molecular complexity index is 920. The summed E-state index contributed by atoms with van der Waals surface area (Å²) in [6, 6.07) is 7.95. The SMILES string of the molecule is C[C@@H]1[C@@H](NC(=O)[C@@H]2C([C@H](C)O)[C@H](CO)ON2Cc2cccc(CCCCN(C)C)c2)C[C@H]2C[C@H]1C2(C)C. The van der Waals surface area contributed by atoms with Crippen LogP contribution in [0.25, 0.3) is 0 Å². The number of benzene rings is 1. The van der Waals surface area contributed by atoms with Gasteiger partial charge in [-0.15, -0.1) is 0 Å². The molecule has 1 saturated heterocycles. The fourth-order valence-corrected chi connectivity index (χ4v) is 7.30. The molecule has 1 heterocycles. The molecule has 0 radical (unpaired) electrons. The molecule has 2 bridgehead atoms. The summed E-state index contributed by atoms with van der Waals surface area (Å²) in [5, 5.41) is 25.7. The van der Waals surface area contributed by atoms with Crippen molar-refractivity contribution in [1.29, 1.82) is 0 Å². The first-order valence-electron chi connectivity index (χ1n) is 14.3. The molecule has 1 aromatic carbocycles. The van der Waals surface area contributed by atoms with Gasteiger partial charge in [0.15, 0.2) is 0 Å². The van der Waals surface area contributed by atoms with Crippen LogP contribution in [0.1, 0.15) is 64.5 Å². The molecule has 3 N–H and O–H groups in total. The number of rotatable bonds is 11. The smallest absolute Gasteiger partial charge is 0.240 e. The van der Waals surface area contributed by atoms with Gasteiger partial charge >= 0.3 is 0 Å². The summed E-state index contributed by atoms with van der Waals surface area (Å²) in [5.74, 6) is 1.10. The van der Waals surface area contributed by atoms with E-state index < -0.39 is 24.2 Å². The van der Waals surface area contributed by atoms with E-state index in [1.807, 2.05) is 0 Å². The van der Waals surface area contributed by atoms with Gasteiger partial charge in [-0.3, -0.25) is 9.63 Å². The van der Waals surface area contributed by atoms with E-state index in [2.05, 4.69) is 69.3 Å². The van der Waals surface area contributed by atoms with Crippen LogP contribution in [0, 0.1) is 29.1 Å². The minimum atomic E-state index is -0.781. The number of aliphatic hydroxyl groups is 2. The number of nitrogens with zero attached hydrogens (tertiary/aromatic N) is 2. The van der Waals surface area contributed by atoms with Crippen LogP contribution in [0.3, 0.4) is 0 Å². The van der Waals surface area contributed by atoms with Crippen molar-refractivity contribution in [3.63, 3.8) is 0 Å². The molecule has 4 fully saturated rings. The standard InChI is InChI=1S/C30H49N3O4/c1-19-24-15-23(30(24,3)4)16-25(19)31-29(36)28-27(20(2)35)26(18-34)37-33(28)17-22-12-9-11-21(14-22)10-7-8-13-32(5)6/h9,11-12,14,19-20,23-28,34-35H,7-8,10,13,15-18H2,1-6H3,(H,31,36)/t19-,20-,23+,24+,25-,26-,27?,28-/m0/s1. The van der Waals surface area contributed by atoms with E-state index in [1.165, 1.54) is 12.0 Å². The minimum absolute atomic E-state index is 0.0994. The topological polar surface area (TPSA) is 85.3 Å². The molecule has 0 aromatic heterocycles. The Morgan fingerprint density at radius 3 is 2.59 bits per heavy atom. The van der Waals surface area contributed by atoms with Gasteiger partial charge < -0.3 is 20.4 Å². The fourth-order valence-electron chi connectivity index (χ4n) is 7.30. The number of carbonyl (C=O) groups excluding carboxylic acids is 1. The normalized spacial score (nSPS) is 33.8. The summed E-state index contributed by atoms with van der Waals surface area (Å²) in [4.78, 5) is 22.1. The Hall–Kier alpha value is -1.51. The molecule has 208 valence electrons. The number of fused-ring (bicyclic) bond motifs is 2. The zero-order valence-corrected chi connectivity index (χ0v) is 23.7. The number of hydroxylamine groups is 2. The lowest BCUT2D eigenvalue weighted by Crippen LogP contribution is -2.62. The quantitative estimate of drug-likeness (QED) is 0.393. The summed E-state index contributed by atoms with van der Waals surface area (Å²) in [7, 11) is 4.20. The molecular formula is C30H49N3O4. The highest BCUT2D eigenvalue weighted by atomic mass is 16.7. The Morgan fingerprint density at radius 2 is 1.97 bits per heavy atom. The van der Waals surface area contributed by atoms with Crippen molar-refractivity contribution in [2.24, 2.45) is 29.1 Å². The lowest BCUT2D eigenvalue weighted by atomic mass is 9.45. The van der Waals surface area contributed by atoms with Gasteiger partial charge in [-0.1, -0.05) is 45.0 Å². The average molecular weight is 516 g/mol. The first kappa shape index (κ1) is 28.5. The Balaban J connectivity index is 1.46. The van der Waals surface area contributed by atoms with Gasteiger partial charge in [-0.25, -0.2) is 0 Å². The second-order valence-corrected chi connectivity index (χ2v) is 12.8. The molecule has 1 aromatic rings. The maximum Gasteiger partial charge on any atom is 0.240 e. The van der Waals surface area contributed by atoms with Crippen LogP contribution < -0.4 is 5.32 Å². The molecule has 7 heteroatoms. The van der Waals surface area contributed by atoms with Crippen LogP contribution in [-0.4, -0.2) is 77.6 Å². The van der Waals surface area contributed by atoms with Gasteiger partial charge in [0.05, 0.1) is 19.3 Å². The first-order chi connectivity index (χ1) is 17.5. The molecule has 1 unspecified atom stereocenters. The summed E-state index contributed by atoms with van der Waals surface area (Å²) in [6.07, 6.45) is 4.16. The van der Waals surface area contributed by atoms with Crippen molar-refractivity contribution in [2.75, 3.05) is 27.2 Å². The van der Waals surface area contributed by atoms with Crippen molar-refractivity contribution in [3.8, 4) is 0 Å². The molecule has 0 spiro atoms. The van der Waals surface area contributed by atoms with E-state index in [9.17, 15) is 15.0 Å². The Kier molecular flexibility index (Phi) is 9.01. The third-order valence-electron chi connectivity index (χ3n) is 9.71. The second-order valence-electron chi connectivity index (χ2n) is 12.8.